The van der Waals surface area contributed by atoms with Crippen LogP contribution in [0.15, 0.2) is 53.8 Å². The van der Waals surface area contributed by atoms with Gasteiger partial charge in [-0.2, -0.15) is 21.6 Å². The van der Waals surface area contributed by atoms with Gasteiger partial charge in [-0.3, -0.25) is 4.79 Å². The highest BCUT2D eigenvalue weighted by Gasteiger charge is 2.84. The second-order valence-corrected chi connectivity index (χ2v) is 11.8. The summed E-state index contributed by atoms with van der Waals surface area (Å²) >= 11 is 0. The normalized spacial score (nSPS) is 36.6. The van der Waals surface area contributed by atoms with E-state index in [1.54, 1.807) is 0 Å². The Labute approximate surface area is 197 Å². The average molecular weight is 497 g/mol. The third-order valence-electron chi connectivity index (χ3n) is 9.07. The minimum absolute atomic E-state index is 0.0134. The summed E-state index contributed by atoms with van der Waals surface area (Å²) in [7, 11) is -5.89. The van der Waals surface area contributed by atoms with Crippen molar-refractivity contribution in [1.29, 1.82) is 0 Å². The number of fused-ring (bicyclic) bond motifs is 1. The Hall–Kier alpha value is -2.13. The molecule has 1 aromatic carbocycles. The third-order valence-corrected chi connectivity index (χ3v) is 10.0. The summed E-state index contributed by atoms with van der Waals surface area (Å²) in [5.41, 5.74) is -5.67. The second kappa shape index (κ2) is 7.43. The molecule has 5 nitrogen and oxygen atoms in total. The Bertz CT molecular complexity index is 1170. The van der Waals surface area contributed by atoms with Crippen LogP contribution in [0.5, 0.6) is 0 Å². The predicted molar refractivity (Wildman–Crippen MR) is 117 cm³/mol. The van der Waals surface area contributed by atoms with Crippen LogP contribution in [-0.4, -0.2) is 26.8 Å². The number of carbonyl (C=O) groups excluding carboxylic acids is 1. The molecule has 4 fully saturated rings. The number of aldehydes is 1. The monoisotopic (exact) mass is 496 g/mol. The van der Waals surface area contributed by atoms with Gasteiger partial charge < -0.3 is 8.92 Å². The first-order valence-corrected chi connectivity index (χ1v) is 12.9. The van der Waals surface area contributed by atoms with Gasteiger partial charge in [0.2, 0.25) is 0 Å². The van der Waals surface area contributed by atoms with Crippen molar-refractivity contribution < 1.29 is 35.3 Å². The molecule has 4 saturated carbocycles. The molecule has 0 unspecified atom stereocenters. The first kappa shape index (κ1) is 23.6. The van der Waals surface area contributed by atoms with E-state index >= 15 is 0 Å². The van der Waals surface area contributed by atoms with Crippen molar-refractivity contribution >= 4 is 16.4 Å². The van der Waals surface area contributed by atoms with E-state index in [0.717, 1.165) is 12.0 Å². The number of rotatable bonds is 8. The van der Waals surface area contributed by atoms with Crippen LogP contribution >= 0.6 is 0 Å². The zero-order valence-electron chi connectivity index (χ0n) is 18.9. The van der Waals surface area contributed by atoms with Gasteiger partial charge in [-0.15, -0.1) is 0 Å². The van der Waals surface area contributed by atoms with E-state index < -0.39 is 26.5 Å². The van der Waals surface area contributed by atoms with Crippen LogP contribution < -0.4 is 0 Å². The molecule has 0 aliphatic heterocycles. The van der Waals surface area contributed by atoms with E-state index in [2.05, 4.69) is 6.58 Å². The zero-order chi connectivity index (χ0) is 24.6. The summed E-state index contributed by atoms with van der Waals surface area (Å²) in [5, 5.41) is 0. The van der Waals surface area contributed by atoms with Crippen LogP contribution in [0.2, 0.25) is 0 Å². The lowest BCUT2D eigenvalue weighted by atomic mass is 9.35. The Morgan fingerprint density at radius 2 is 1.88 bits per heavy atom. The number of benzene rings is 1. The first-order valence-electron chi connectivity index (χ1n) is 11.5. The van der Waals surface area contributed by atoms with Crippen molar-refractivity contribution in [2.45, 2.75) is 51.1 Å². The Balaban J connectivity index is 1.38. The Kier molecular flexibility index (Phi) is 5.16. The molecular weight excluding hydrogens is 469 g/mol. The number of halogens is 3. The first-order chi connectivity index (χ1) is 15.9. The van der Waals surface area contributed by atoms with Gasteiger partial charge in [0, 0.05) is 11.0 Å². The lowest BCUT2D eigenvalue weighted by Crippen LogP contribution is -2.63. The molecule has 0 amide bonds. The van der Waals surface area contributed by atoms with E-state index in [1.165, 1.54) is 0 Å². The van der Waals surface area contributed by atoms with E-state index in [-0.39, 0.29) is 29.1 Å². The van der Waals surface area contributed by atoms with Crippen molar-refractivity contribution in [3.8, 4) is 0 Å². The van der Waals surface area contributed by atoms with E-state index in [4.69, 9.17) is 8.92 Å². The summed E-state index contributed by atoms with van der Waals surface area (Å²) in [6, 6.07) is 9.86. The minimum atomic E-state index is -5.89. The summed E-state index contributed by atoms with van der Waals surface area (Å²) in [5.74, 6) is 0.229. The van der Waals surface area contributed by atoms with E-state index in [1.807, 2.05) is 37.3 Å². The molecule has 0 aromatic heterocycles. The molecule has 9 heteroatoms. The molecule has 0 saturated heterocycles. The van der Waals surface area contributed by atoms with Gasteiger partial charge in [0.25, 0.3) is 0 Å². The molecule has 1 spiro atoms. The number of allylic oxidation sites excluding steroid dienone is 2. The van der Waals surface area contributed by atoms with Crippen molar-refractivity contribution in [2.75, 3.05) is 6.61 Å². The molecule has 5 atom stereocenters. The molecule has 34 heavy (non-hydrogen) atoms. The average Bonchev–Trinajstić information content (AvgIpc) is 3.39. The van der Waals surface area contributed by atoms with Gasteiger partial charge in [-0.25, -0.2) is 0 Å². The molecule has 0 radical (unpaired) electrons. The molecule has 2 bridgehead atoms. The van der Waals surface area contributed by atoms with E-state index in [9.17, 15) is 26.4 Å². The van der Waals surface area contributed by atoms with Gasteiger partial charge in [0.15, 0.2) is 0 Å². The number of ether oxygens (including phenoxy) is 1. The SMILES string of the molecule is C=C1[C@]23CC[C@@]1([C@H]1C[C@H]1COCc1ccccc1)[C@]2(C)CCC(C=O)=C3OS(=O)(=O)C(F)(F)F. The van der Waals surface area contributed by atoms with Crippen LogP contribution in [0, 0.1) is 28.1 Å². The van der Waals surface area contributed by atoms with Crippen molar-refractivity contribution in [2.24, 2.45) is 28.1 Å². The topological polar surface area (TPSA) is 69.7 Å². The number of hydrogen-bond donors (Lipinski definition) is 0. The molecule has 1 aromatic rings. The van der Waals surface area contributed by atoms with Gasteiger partial charge in [-0.1, -0.05) is 49.4 Å². The van der Waals surface area contributed by atoms with E-state index in [0.29, 0.717) is 50.3 Å². The van der Waals surface area contributed by atoms with Crippen LogP contribution in [-0.2, 0) is 30.4 Å². The second-order valence-electron chi connectivity index (χ2n) is 10.2. The third kappa shape index (κ3) is 2.89. The summed E-state index contributed by atoms with van der Waals surface area (Å²) in [4.78, 5) is 11.7. The standard InChI is InChI=1S/C25H27F3O5S/c1-16-23(20-12-19(20)15-32-14-17-6-4-3-5-7-17)10-11-24(16)21(33-34(30,31)25(26,27)28)18(13-29)8-9-22(23,24)2/h3-7,13,19-20H,1,8-12,14-15H2,2H3/t19-,20-,22-,23+,24-/m0/s1. The maximum Gasteiger partial charge on any atom is 0.534 e. The fourth-order valence-corrected chi connectivity index (χ4v) is 8.03. The molecular formula is C25H27F3O5S. The smallest absolute Gasteiger partial charge is 0.379 e. The molecule has 5 aliphatic carbocycles. The zero-order valence-corrected chi connectivity index (χ0v) is 19.7. The number of hydrogen-bond acceptors (Lipinski definition) is 5. The maximum atomic E-state index is 13.1. The summed E-state index contributed by atoms with van der Waals surface area (Å²) < 4.78 is 73.9. The highest BCUT2D eigenvalue weighted by molar-refractivity contribution is 7.87. The van der Waals surface area contributed by atoms with Crippen molar-refractivity contribution in [3.63, 3.8) is 0 Å². The number of alkyl halides is 3. The molecule has 6 rings (SSSR count). The van der Waals surface area contributed by atoms with Crippen LogP contribution in [0.4, 0.5) is 13.2 Å². The van der Waals surface area contributed by atoms with Crippen molar-refractivity contribution in [3.05, 3.63) is 59.4 Å². The summed E-state index contributed by atoms with van der Waals surface area (Å²) in [6.07, 6.45) is 3.23. The molecule has 184 valence electrons. The number of carbonyl (C=O) groups is 1. The highest BCUT2D eigenvalue weighted by Crippen LogP contribution is 2.90. The minimum Gasteiger partial charge on any atom is -0.379 e. The maximum absolute atomic E-state index is 13.1. The van der Waals surface area contributed by atoms with Gasteiger partial charge in [-0.05, 0) is 54.9 Å². The van der Waals surface area contributed by atoms with Gasteiger partial charge in [0.1, 0.15) is 12.0 Å². The lowest BCUT2D eigenvalue weighted by molar-refractivity contribution is -0.112. The Morgan fingerprint density at radius 1 is 1.18 bits per heavy atom. The molecule has 5 aliphatic rings. The predicted octanol–water partition coefficient (Wildman–Crippen LogP) is 5.30. The quantitative estimate of drug-likeness (QED) is 0.212. The fourth-order valence-electron chi connectivity index (χ4n) is 7.46. The lowest BCUT2D eigenvalue weighted by Gasteiger charge is -2.68. The van der Waals surface area contributed by atoms with Crippen LogP contribution in [0.3, 0.4) is 0 Å². The van der Waals surface area contributed by atoms with Gasteiger partial charge in [0.05, 0.1) is 18.6 Å². The van der Waals surface area contributed by atoms with Crippen LogP contribution in [0.25, 0.3) is 0 Å². The Morgan fingerprint density at radius 3 is 2.53 bits per heavy atom. The molecule has 0 N–H and O–H groups in total. The van der Waals surface area contributed by atoms with Gasteiger partial charge >= 0.3 is 15.6 Å². The summed E-state index contributed by atoms with van der Waals surface area (Å²) in [6.45, 7) is 7.36. The fraction of sp³-hybridized carbons (Fsp3) is 0.560. The molecule has 0 heterocycles. The largest absolute Gasteiger partial charge is 0.534 e. The van der Waals surface area contributed by atoms with Crippen LogP contribution in [0.1, 0.15) is 44.6 Å². The highest BCUT2D eigenvalue weighted by atomic mass is 32.2. The van der Waals surface area contributed by atoms with Crippen molar-refractivity contribution in [1.82, 2.24) is 0 Å².